The molecule has 0 saturated carbocycles. The number of Topliss-reactive ketones (excluding diaryl/α,β-unsaturated/α-hetero) is 1. The lowest BCUT2D eigenvalue weighted by molar-refractivity contribution is 0.0977. The Labute approximate surface area is 157 Å². The first-order valence-corrected chi connectivity index (χ1v) is 9.49. The molecular formula is C19H24ClNO3S. The third kappa shape index (κ3) is 6.78. The van der Waals surface area contributed by atoms with Crippen LogP contribution >= 0.6 is 22.9 Å². The number of benzene rings is 1. The molecule has 1 aromatic heterocycles. The van der Waals surface area contributed by atoms with E-state index >= 15 is 0 Å². The van der Waals surface area contributed by atoms with Gasteiger partial charge in [0.05, 0.1) is 18.1 Å². The van der Waals surface area contributed by atoms with Crippen molar-refractivity contribution < 1.29 is 14.6 Å². The zero-order chi connectivity index (χ0) is 18.3. The van der Waals surface area contributed by atoms with Gasteiger partial charge in [0.2, 0.25) is 0 Å². The Balaban J connectivity index is 1.73. The molecule has 2 rings (SSSR count). The SMILES string of the molecule is CC(N)(CO)CCc1ccc(C(=O)CCCOc2ccc(Cl)cc2)s1. The summed E-state index contributed by atoms with van der Waals surface area (Å²) in [5.74, 6) is 0.887. The monoisotopic (exact) mass is 381 g/mol. The first-order chi connectivity index (χ1) is 11.9. The van der Waals surface area contributed by atoms with Gasteiger partial charge in [-0.1, -0.05) is 11.6 Å². The van der Waals surface area contributed by atoms with Crippen molar-refractivity contribution in [2.45, 2.75) is 38.1 Å². The number of rotatable bonds is 10. The summed E-state index contributed by atoms with van der Waals surface area (Å²) in [7, 11) is 0. The minimum atomic E-state index is -0.576. The van der Waals surface area contributed by atoms with Gasteiger partial charge < -0.3 is 15.6 Å². The van der Waals surface area contributed by atoms with Gasteiger partial charge in [0, 0.05) is 21.9 Å². The van der Waals surface area contributed by atoms with Crippen molar-refractivity contribution in [3.05, 3.63) is 51.2 Å². The fourth-order valence-corrected chi connectivity index (χ4v) is 3.33. The molecule has 0 radical (unpaired) electrons. The highest BCUT2D eigenvalue weighted by Crippen LogP contribution is 2.22. The first-order valence-electron chi connectivity index (χ1n) is 8.30. The van der Waals surface area contributed by atoms with Crippen LogP contribution in [0.25, 0.3) is 0 Å². The van der Waals surface area contributed by atoms with Gasteiger partial charge in [-0.15, -0.1) is 11.3 Å². The maximum absolute atomic E-state index is 12.2. The van der Waals surface area contributed by atoms with E-state index in [1.54, 1.807) is 12.1 Å². The van der Waals surface area contributed by atoms with Crippen LogP contribution in [0.15, 0.2) is 36.4 Å². The Morgan fingerprint density at radius 1 is 1.28 bits per heavy atom. The number of carbonyl (C=O) groups is 1. The molecule has 0 aliphatic rings. The van der Waals surface area contributed by atoms with Gasteiger partial charge in [-0.05, 0) is 62.6 Å². The van der Waals surface area contributed by atoms with Gasteiger partial charge >= 0.3 is 0 Å². The molecule has 0 bridgehead atoms. The summed E-state index contributed by atoms with van der Waals surface area (Å²) in [5.41, 5.74) is 5.36. The molecule has 1 heterocycles. The summed E-state index contributed by atoms with van der Waals surface area (Å²) in [4.78, 5) is 14.1. The van der Waals surface area contributed by atoms with E-state index < -0.39 is 5.54 Å². The maximum atomic E-state index is 12.2. The molecule has 0 aliphatic carbocycles. The third-order valence-corrected chi connectivity index (χ3v) is 5.31. The zero-order valence-corrected chi connectivity index (χ0v) is 15.9. The van der Waals surface area contributed by atoms with Crippen LogP contribution in [-0.4, -0.2) is 29.6 Å². The predicted octanol–water partition coefficient (Wildman–Crippen LogP) is 4.09. The molecule has 1 aromatic carbocycles. The van der Waals surface area contributed by atoms with Crippen molar-refractivity contribution in [1.82, 2.24) is 0 Å². The summed E-state index contributed by atoms with van der Waals surface area (Å²) in [6, 6.07) is 11.0. The molecule has 0 amide bonds. The summed E-state index contributed by atoms with van der Waals surface area (Å²) in [6.07, 6.45) is 2.58. The topological polar surface area (TPSA) is 72.5 Å². The minimum Gasteiger partial charge on any atom is -0.494 e. The van der Waals surface area contributed by atoms with Gasteiger partial charge in [-0.2, -0.15) is 0 Å². The molecule has 0 spiro atoms. The molecule has 25 heavy (non-hydrogen) atoms. The van der Waals surface area contributed by atoms with E-state index in [1.807, 2.05) is 31.2 Å². The van der Waals surface area contributed by atoms with Gasteiger partial charge in [0.25, 0.3) is 0 Å². The number of aryl methyl sites for hydroxylation is 1. The Morgan fingerprint density at radius 3 is 2.68 bits per heavy atom. The number of hydrogen-bond acceptors (Lipinski definition) is 5. The van der Waals surface area contributed by atoms with Crippen molar-refractivity contribution in [1.29, 1.82) is 0 Å². The summed E-state index contributed by atoms with van der Waals surface area (Å²) >= 11 is 7.33. The van der Waals surface area contributed by atoms with Gasteiger partial charge in [0.1, 0.15) is 5.75 Å². The van der Waals surface area contributed by atoms with Crippen LogP contribution in [0, 0.1) is 0 Å². The normalized spacial score (nSPS) is 13.4. The van der Waals surface area contributed by atoms with Crippen molar-refractivity contribution >= 4 is 28.7 Å². The molecule has 3 N–H and O–H groups in total. The number of aliphatic hydroxyl groups is 1. The number of nitrogens with two attached hydrogens (primary N) is 1. The van der Waals surface area contributed by atoms with Gasteiger partial charge in [-0.25, -0.2) is 0 Å². The van der Waals surface area contributed by atoms with Crippen LogP contribution in [0.4, 0.5) is 0 Å². The van der Waals surface area contributed by atoms with Crippen LogP contribution < -0.4 is 10.5 Å². The zero-order valence-electron chi connectivity index (χ0n) is 14.3. The third-order valence-electron chi connectivity index (χ3n) is 3.87. The average molecular weight is 382 g/mol. The second kappa shape index (κ2) is 9.34. The van der Waals surface area contributed by atoms with Crippen molar-refractivity contribution in [3.63, 3.8) is 0 Å². The van der Waals surface area contributed by atoms with Crippen molar-refractivity contribution in [3.8, 4) is 5.75 Å². The lowest BCUT2D eigenvalue weighted by Crippen LogP contribution is -2.40. The maximum Gasteiger partial charge on any atom is 0.172 e. The standard InChI is InChI=1S/C19H24ClNO3S/c1-19(21,13-22)11-10-16-8-9-18(25-16)17(23)3-2-12-24-15-6-4-14(20)5-7-15/h4-9,22H,2-3,10-13,21H2,1H3. The van der Waals surface area contributed by atoms with E-state index in [0.717, 1.165) is 21.9 Å². The van der Waals surface area contributed by atoms with E-state index in [9.17, 15) is 9.90 Å². The average Bonchev–Trinajstić information content (AvgIpc) is 3.08. The van der Waals surface area contributed by atoms with Crippen LogP contribution in [-0.2, 0) is 6.42 Å². The van der Waals surface area contributed by atoms with E-state index in [0.29, 0.717) is 30.9 Å². The molecule has 0 fully saturated rings. The first kappa shape index (κ1) is 19.9. The molecule has 1 unspecified atom stereocenters. The van der Waals surface area contributed by atoms with Crippen LogP contribution in [0.5, 0.6) is 5.75 Å². The smallest absolute Gasteiger partial charge is 0.172 e. The number of halogens is 1. The number of ketones is 1. The number of hydrogen-bond donors (Lipinski definition) is 2. The predicted molar refractivity (Wildman–Crippen MR) is 103 cm³/mol. The fraction of sp³-hybridized carbons (Fsp3) is 0.421. The second-order valence-corrected chi connectivity index (χ2v) is 8.01. The van der Waals surface area contributed by atoms with Crippen molar-refractivity contribution in [2.24, 2.45) is 5.73 Å². The van der Waals surface area contributed by atoms with Crippen LogP contribution in [0.2, 0.25) is 5.02 Å². The highest BCUT2D eigenvalue weighted by molar-refractivity contribution is 7.14. The van der Waals surface area contributed by atoms with Crippen LogP contribution in [0.3, 0.4) is 0 Å². The Kier molecular flexibility index (Phi) is 7.44. The van der Waals surface area contributed by atoms with E-state index in [-0.39, 0.29) is 12.4 Å². The summed E-state index contributed by atoms with van der Waals surface area (Å²) in [6.45, 7) is 2.28. The Bertz CT molecular complexity index is 682. The van der Waals surface area contributed by atoms with Gasteiger partial charge in [-0.3, -0.25) is 4.79 Å². The van der Waals surface area contributed by atoms with E-state index in [1.165, 1.54) is 11.3 Å². The van der Waals surface area contributed by atoms with Crippen LogP contribution in [0.1, 0.15) is 40.7 Å². The lowest BCUT2D eigenvalue weighted by Gasteiger charge is -2.20. The fourth-order valence-electron chi connectivity index (χ4n) is 2.23. The minimum absolute atomic E-state index is 0.0439. The Hall–Kier alpha value is -1.40. The van der Waals surface area contributed by atoms with Gasteiger partial charge in [0.15, 0.2) is 5.78 Å². The highest BCUT2D eigenvalue weighted by atomic mass is 35.5. The number of thiophene rings is 1. The molecule has 4 nitrogen and oxygen atoms in total. The molecule has 0 aliphatic heterocycles. The molecule has 6 heteroatoms. The molecular weight excluding hydrogens is 358 g/mol. The summed E-state index contributed by atoms with van der Waals surface area (Å²) in [5, 5.41) is 9.86. The quantitative estimate of drug-likeness (QED) is 0.480. The lowest BCUT2D eigenvalue weighted by atomic mass is 9.98. The summed E-state index contributed by atoms with van der Waals surface area (Å²) < 4.78 is 5.60. The number of carbonyl (C=O) groups excluding carboxylic acids is 1. The molecule has 2 aromatic rings. The molecule has 136 valence electrons. The molecule has 0 saturated heterocycles. The second-order valence-electron chi connectivity index (χ2n) is 6.41. The largest absolute Gasteiger partial charge is 0.494 e. The number of aliphatic hydroxyl groups excluding tert-OH is 1. The highest BCUT2D eigenvalue weighted by Gasteiger charge is 2.17. The van der Waals surface area contributed by atoms with E-state index in [4.69, 9.17) is 22.1 Å². The van der Waals surface area contributed by atoms with Crippen molar-refractivity contribution in [2.75, 3.05) is 13.2 Å². The molecule has 1 atom stereocenters. The number of ether oxygens (including phenoxy) is 1. The van der Waals surface area contributed by atoms with E-state index in [2.05, 4.69) is 0 Å². The Morgan fingerprint density at radius 2 is 2.00 bits per heavy atom.